The van der Waals surface area contributed by atoms with Crippen LogP contribution in [0.3, 0.4) is 0 Å². The smallest absolute Gasteiger partial charge is 0.225 e. The molecule has 0 atom stereocenters. The maximum Gasteiger partial charge on any atom is 0.225 e. The van der Waals surface area contributed by atoms with Crippen molar-refractivity contribution >= 4 is 29.0 Å². The molecule has 120 valence electrons. The van der Waals surface area contributed by atoms with Crippen LogP contribution in [0.5, 0.6) is 0 Å². The largest absolute Gasteiger partial charge is 0.368 e. The number of nitrogens with zero attached hydrogens (tertiary/aromatic N) is 4. The number of anilines is 2. The Labute approximate surface area is 140 Å². The highest BCUT2D eigenvalue weighted by Crippen LogP contribution is 2.22. The Morgan fingerprint density at radius 3 is 2.48 bits per heavy atom. The van der Waals surface area contributed by atoms with Crippen molar-refractivity contribution in [2.24, 2.45) is 0 Å². The second-order valence-electron chi connectivity index (χ2n) is 5.68. The van der Waals surface area contributed by atoms with Crippen molar-refractivity contribution < 1.29 is 4.79 Å². The molecular weight excluding hydrogens is 312 g/mol. The Bertz CT molecular complexity index is 726. The highest BCUT2D eigenvalue weighted by Gasteiger charge is 2.20. The molecule has 1 aromatic heterocycles. The van der Waals surface area contributed by atoms with Gasteiger partial charge in [-0.25, -0.2) is 9.97 Å². The molecular formula is C17H19ClN4O. The first-order chi connectivity index (χ1) is 11.0. The van der Waals surface area contributed by atoms with Crippen LogP contribution >= 0.6 is 11.6 Å². The second-order valence-corrected chi connectivity index (χ2v) is 6.12. The molecule has 0 unspecified atom stereocenters. The predicted octanol–water partition coefficient (Wildman–Crippen LogP) is 2.97. The summed E-state index contributed by atoms with van der Waals surface area (Å²) >= 11 is 6.06. The van der Waals surface area contributed by atoms with Gasteiger partial charge in [-0.1, -0.05) is 17.7 Å². The van der Waals surface area contributed by atoms with E-state index in [0.717, 1.165) is 42.6 Å². The van der Waals surface area contributed by atoms with Gasteiger partial charge in [0.15, 0.2) is 5.78 Å². The SMILES string of the molecule is CC(=O)c1cnc(N2CCN(c3cccc(Cl)c3)CC2)nc1C. The number of carbonyl (C=O) groups excluding carboxylic acids is 1. The van der Waals surface area contributed by atoms with Crippen molar-refractivity contribution in [2.75, 3.05) is 36.0 Å². The van der Waals surface area contributed by atoms with E-state index in [0.29, 0.717) is 11.5 Å². The van der Waals surface area contributed by atoms with Gasteiger partial charge in [0.25, 0.3) is 0 Å². The van der Waals surface area contributed by atoms with Gasteiger partial charge in [0.1, 0.15) is 0 Å². The van der Waals surface area contributed by atoms with E-state index in [1.807, 2.05) is 25.1 Å². The monoisotopic (exact) mass is 330 g/mol. The Hall–Kier alpha value is -2.14. The van der Waals surface area contributed by atoms with E-state index in [1.165, 1.54) is 6.92 Å². The fraction of sp³-hybridized carbons (Fsp3) is 0.353. The Morgan fingerprint density at radius 1 is 1.17 bits per heavy atom. The Morgan fingerprint density at radius 2 is 1.87 bits per heavy atom. The molecule has 0 N–H and O–H groups in total. The highest BCUT2D eigenvalue weighted by atomic mass is 35.5. The lowest BCUT2D eigenvalue weighted by Crippen LogP contribution is -2.47. The summed E-state index contributed by atoms with van der Waals surface area (Å²) in [5.41, 5.74) is 2.47. The van der Waals surface area contributed by atoms with Crippen LogP contribution < -0.4 is 9.80 Å². The molecule has 1 aliphatic heterocycles. The van der Waals surface area contributed by atoms with E-state index in [9.17, 15) is 4.79 Å². The van der Waals surface area contributed by atoms with Crippen molar-refractivity contribution in [3.05, 3.63) is 46.7 Å². The molecule has 1 aromatic carbocycles. The highest BCUT2D eigenvalue weighted by molar-refractivity contribution is 6.30. The standard InChI is InChI=1S/C17H19ClN4O/c1-12-16(13(2)23)11-19-17(20-12)22-8-6-21(7-9-22)15-5-3-4-14(18)10-15/h3-5,10-11H,6-9H2,1-2H3. The number of carbonyl (C=O) groups is 1. The van der Waals surface area contributed by atoms with Crippen LogP contribution in [0, 0.1) is 6.92 Å². The van der Waals surface area contributed by atoms with Crippen molar-refractivity contribution in [2.45, 2.75) is 13.8 Å². The van der Waals surface area contributed by atoms with Gasteiger partial charge in [0.2, 0.25) is 5.95 Å². The van der Waals surface area contributed by atoms with Crippen LogP contribution in [0.4, 0.5) is 11.6 Å². The summed E-state index contributed by atoms with van der Waals surface area (Å²) in [4.78, 5) is 24.8. The minimum Gasteiger partial charge on any atom is -0.368 e. The second kappa shape index (κ2) is 6.54. The minimum atomic E-state index is -0.000161. The van der Waals surface area contributed by atoms with Crippen LogP contribution in [0.15, 0.2) is 30.5 Å². The zero-order chi connectivity index (χ0) is 16.4. The topological polar surface area (TPSA) is 49.3 Å². The summed E-state index contributed by atoms with van der Waals surface area (Å²) in [6.07, 6.45) is 1.63. The zero-order valence-electron chi connectivity index (χ0n) is 13.3. The number of benzene rings is 1. The van der Waals surface area contributed by atoms with Gasteiger partial charge in [0, 0.05) is 43.1 Å². The lowest BCUT2D eigenvalue weighted by molar-refractivity contribution is 0.101. The molecule has 0 saturated carbocycles. The average Bonchev–Trinajstić information content (AvgIpc) is 2.54. The number of halogens is 1. The summed E-state index contributed by atoms with van der Waals surface area (Å²) in [5.74, 6) is 0.693. The molecule has 2 aromatic rings. The summed E-state index contributed by atoms with van der Waals surface area (Å²) in [7, 11) is 0. The maximum absolute atomic E-state index is 11.5. The Kier molecular flexibility index (Phi) is 4.48. The van der Waals surface area contributed by atoms with Gasteiger partial charge in [-0.3, -0.25) is 4.79 Å². The number of Topliss-reactive ketones (excluding diaryl/α,β-unsaturated/α-hetero) is 1. The summed E-state index contributed by atoms with van der Waals surface area (Å²) in [5, 5.41) is 0.753. The van der Waals surface area contributed by atoms with Crippen LogP contribution in [0.2, 0.25) is 5.02 Å². The molecule has 0 aliphatic carbocycles. The fourth-order valence-electron chi connectivity index (χ4n) is 2.79. The molecule has 3 rings (SSSR count). The molecule has 0 bridgehead atoms. The number of hydrogen-bond donors (Lipinski definition) is 0. The molecule has 2 heterocycles. The number of ketones is 1. The first kappa shape index (κ1) is 15.7. The quantitative estimate of drug-likeness (QED) is 0.810. The number of aromatic nitrogens is 2. The van der Waals surface area contributed by atoms with E-state index in [-0.39, 0.29) is 5.78 Å². The van der Waals surface area contributed by atoms with Crippen molar-refractivity contribution in [3.8, 4) is 0 Å². The molecule has 1 saturated heterocycles. The molecule has 5 nitrogen and oxygen atoms in total. The number of aryl methyl sites for hydroxylation is 1. The molecule has 1 aliphatic rings. The van der Waals surface area contributed by atoms with Crippen LogP contribution in [0.1, 0.15) is 23.0 Å². The molecule has 6 heteroatoms. The normalized spacial score (nSPS) is 14.9. The summed E-state index contributed by atoms with van der Waals surface area (Å²) < 4.78 is 0. The third-order valence-electron chi connectivity index (χ3n) is 4.08. The van der Waals surface area contributed by atoms with Crippen LogP contribution in [-0.4, -0.2) is 41.9 Å². The van der Waals surface area contributed by atoms with Gasteiger partial charge in [-0.15, -0.1) is 0 Å². The lowest BCUT2D eigenvalue weighted by atomic mass is 10.2. The number of piperazine rings is 1. The molecule has 0 spiro atoms. The average molecular weight is 331 g/mol. The Balaban J connectivity index is 1.69. The third kappa shape index (κ3) is 3.45. The number of rotatable bonds is 3. The van der Waals surface area contributed by atoms with Gasteiger partial charge < -0.3 is 9.80 Å². The van der Waals surface area contributed by atoms with E-state index in [1.54, 1.807) is 6.20 Å². The third-order valence-corrected chi connectivity index (χ3v) is 4.32. The lowest BCUT2D eigenvalue weighted by Gasteiger charge is -2.36. The van der Waals surface area contributed by atoms with Crippen molar-refractivity contribution in [1.29, 1.82) is 0 Å². The number of hydrogen-bond acceptors (Lipinski definition) is 5. The van der Waals surface area contributed by atoms with Crippen molar-refractivity contribution in [1.82, 2.24) is 9.97 Å². The van der Waals surface area contributed by atoms with Gasteiger partial charge >= 0.3 is 0 Å². The maximum atomic E-state index is 11.5. The van der Waals surface area contributed by atoms with Gasteiger partial charge in [0.05, 0.1) is 11.3 Å². The van der Waals surface area contributed by atoms with Gasteiger partial charge in [-0.2, -0.15) is 0 Å². The van der Waals surface area contributed by atoms with E-state index in [4.69, 9.17) is 11.6 Å². The molecule has 0 radical (unpaired) electrons. The first-order valence-corrected chi connectivity index (χ1v) is 8.02. The summed E-state index contributed by atoms with van der Waals surface area (Å²) in [6.45, 7) is 6.84. The van der Waals surface area contributed by atoms with Crippen LogP contribution in [0.25, 0.3) is 0 Å². The molecule has 23 heavy (non-hydrogen) atoms. The van der Waals surface area contributed by atoms with Crippen LogP contribution in [-0.2, 0) is 0 Å². The van der Waals surface area contributed by atoms with E-state index in [2.05, 4.69) is 25.8 Å². The van der Waals surface area contributed by atoms with E-state index >= 15 is 0 Å². The van der Waals surface area contributed by atoms with Crippen molar-refractivity contribution in [3.63, 3.8) is 0 Å². The predicted molar refractivity (Wildman–Crippen MR) is 92.7 cm³/mol. The van der Waals surface area contributed by atoms with Gasteiger partial charge in [-0.05, 0) is 32.0 Å². The molecule has 1 fully saturated rings. The minimum absolute atomic E-state index is 0.000161. The zero-order valence-corrected chi connectivity index (χ0v) is 14.0. The fourth-order valence-corrected chi connectivity index (χ4v) is 2.97. The molecule has 0 amide bonds. The summed E-state index contributed by atoms with van der Waals surface area (Å²) in [6, 6.07) is 7.91. The van der Waals surface area contributed by atoms with E-state index < -0.39 is 0 Å². The first-order valence-electron chi connectivity index (χ1n) is 7.64.